The molecule has 1 aliphatic heterocycles. The topological polar surface area (TPSA) is 543 Å². The van der Waals surface area contributed by atoms with E-state index in [1.54, 1.807) is 19.1 Å². The summed E-state index contributed by atoms with van der Waals surface area (Å²) in [5.41, 5.74) is 28.3. The van der Waals surface area contributed by atoms with Gasteiger partial charge >= 0.3 is 5.97 Å². The van der Waals surface area contributed by atoms with E-state index in [1.807, 2.05) is 13.8 Å². The van der Waals surface area contributed by atoms with Crippen LogP contribution in [-0.4, -0.2) is 181 Å². The zero-order chi connectivity index (χ0) is 72.1. The van der Waals surface area contributed by atoms with Crippen LogP contribution in [0, 0.1) is 35.5 Å². The summed E-state index contributed by atoms with van der Waals surface area (Å²) in [5.74, 6) is -19.6. The average molecular weight is 1370 g/mol. The van der Waals surface area contributed by atoms with E-state index in [2.05, 4.69) is 44.2 Å². The van der Waals surface area contributed by atoms with Crippen molar-refractivity contribution >= 4 is 107 Å². The molecule has 19 N–H and O–H groups in total. The first kappa shape index (κ1) is 80.9. The van der Waals surface area contributed by atoms with Crippen molar-refractivity contribution in [1.29, 1.82) is 0 Å². The number of aromatic hydroxyl groups is 2. The van der Waals surface area contributed by atoms with Crippen molar-refractivity contribution in [1.82, 2.24) is 31.5 Å². The number of phenolic OH excluding ortho intramolecular Hbond substituents is 2. The van der Waals surface area contributed by atoms with E-state index >= 15 is 0 Å². The Morgan fingerprint density at radius 2 is 1.06 bits per heavy atom. The van der Waals surface area contributed by atoms with Crippen LogP contribution in [0.25, 0.3) is 0 Å². The van der Waals surface area contributed by atoms with Gasteiger partial charge in [-0.1, -0.05) is 52.0 Å². The summed E-state index contributed by atoms with van der Waals surface area (Å²) >= 11 is 4.23. The number of benzene rings is 2. The van der Waals surface area contributed by atoms with Gasteiger partial charge in [-0.2, -0.15) is 12.6 Å². The molecule has 0 spiro atoms. The first-order valence-electron chi connectivity index (χ1n) is 31.5. The molecule has 0 radical (unpaired) electrons. The second kappa shape index (κ2) is 40.2. The quantitative estimate of drug-likeness (QED) is 0.0153. The zero-order valence-electron chi connectivity index (χ0n) is 54.3. The zero-order valence-corrected chi connectivity index (χ0v) is 55.2. The minimum Gasteiger partial charge on any atom is -0.508 e. The molecule has 1 heterocycles. The highest BCUT2D eigenvalue weighted by Gasteiger charge is 2.41. The van der Waals surface area contributed by atoms with E-state index in [1.165, 1.54) is 43.3 Å². The number of nitrogens with one attached hydrogen (secondary N) is 5. The van der Waals surface area contributed by atoms with E-state index in [0.717, 1.165) is 4.90 Å². The summed E-state index contributed by atoms with van der Waals surface area (Å²) in [6.45, 7) is 6.11. The molecule has 11 atom stereocenters. The highest BCUT2D eigenvalue weighted by atomic mass is 32.1. The summed E-state index contributed by atoms with van der Waals surface area (Å²) in [6.07, 6.45) is -5.42. The van der Waals surface area contributed by atoms with E-state index in [-0.39, 0.29) is 98.9 Å². The summed E-state index contributed by atoms with van der Waals surface area (Å²) in [4.78, 5) is 205. The molecule has 9 amide bonds. The number of ketones is 5. The maximum absolute atomic E-state index is 14.3. The number of carbonyl (C=O) groups is 15. The van der Waals surface area contributed by atoms with Gasteiger partial charge < -0.3 is 80.6 Å². The molecule has 2 aromatic carbocycles. The number of amides is 9. The van der Waals surface area contributed by atoms with E-state index in [4.69, 9.17) is 28.7 Å². The molecule has 0 unspecified atom stereocenters. The molecule has 0 bridgehead atoms. The Hall–Kier alpha value is -9.33. The van der Waals surface area contributed by atoms with Crippen molar-refractivity contribution in [3.63, 3.8) is 0 Å². The molecule has 1 aliphatic rings. The van der Waals surface area contributed by atoms with Crippen molar-refractivity contribution < 1.29 is 92.3 Å². The number of rotatable bonds is 45. The van der Waals surface area contributed by atoms with Crippen molar-refractivity contribution in [2.24, 2.45) is 69.2 Å². The third kappa shape index (κ3) is 28.3. The third-order valence-corrected chi connectivity index (χ3v) is 16.4. The molecule has 0 saturated carbocycles. The van der Waals surface area contributed by atoms with Gasteiger partial charge in [-0.15, -0.1) is 0 Å². The summed E-state index contributed by atoms with van der Waals surface area (Å²) in [5, 5.41) is 51.2. The maximum Gasteiger partial charge on any atom is 0.305 e. The standard InChI is InChI=1S/C64H92N12O19S/c1-33(2)21-34(3)50(81)25-38(23-36-9-13-41(78)14-10-36)60(92)72-43(7-5-19-70-64(68)69)51(82)22-35(4)59(91)73-44(29-55(66)86)49(80)17-18-56(87)71-45(30-57(88)89)52(83)27-40(28-54(65)85)63(95)76-20-6-8-48(76)62(94)75-47(32-96)53(84)26-39(24-37-11-15-42(79)16-12-37)61(93)74-46(31-77)58(67)90/h9-16,33-35,38-40,43-48,77-79,96H,5-8,17-32H2,1-4H3,(H2,65,85)(H2,66,86)(H2,67,90)(H,71,87)(H,72,92)(H,73,91)(H,74,93)(H,75,94)(H,88,89)(H4,68,69,70)/t34-,35+,38+,39+,40-,43-,44-,45-,46-,47-,48-/m0/s1. The lowest BCUT2D eigenvalue weighted by atomic mass is 9.86. The Morgan fingerprint density at radius 1 is 0.562 bits per heavy atom. The number of hydrogen-bond acceptors (Lipinski definition) is 20. The lowest BCUT2D eigenvalue weighted by Crippen LogP contribution is -2.53. The number of aliphatic carboxylic acids is 1. The minimum atomic E-state index is -1.89. The number of phenols is 2. The first-order valence-corrected chi connectivity index (χ1v) is 32.1. The van der Waals surface area contributed by atoms with Crippen LogP contribution in [0.4, 0.5) is 0 Å². The molecular weight excluding hydrogens is 1270 g/mol. The van der Waals surface area contributed by atoms with Crippen LogP contribution >= 0.6 is 12.6 Å². The summed E-state index contributed by atoms with van der Waals surface area (Å²) in [7, 11) is 0. The fraction of sp³-hybridized carbons (Fsp3) is 0.562. The molecule has 1 saturated heterocycles. The fourth-order valence-corrected chi connectivity index (χ4v) is 11.2. The van der Waals surface area contributed by atoms with Crippen molar-refractivity contribution in [2.45, 2.75) is 167 Å². The van der Waals surface area contributed by atoms with Gasteiger partial charge in [-0.25, -0.2) is 0 Å². The summed E-state index contributed by atoms with van der Waals surface area (Å²) in [6, 6.07) is 2.70. The molecule has 3 rings (SSSR count). The van der Waals surface area contributed by atoms with Crippen molar-refractivity contribution in [3.05, 3.63) is 59.7 Å². The molecule has 2 aromatic rings. The number of aliphatic hydroxyl groups excluding tert-OH is 1. The third-order valence-electron chi connectivity index (χ3n) is 16.1. The number of hydrogen-bond donors (Lipinski definition) is 15. The van der Waals surface area contributed by atoms with Crippen LogP contribution in [-0.2, 0) is 84.8 Å². The predicted octanol–water partition coefficient (Wildman–Crippen LogP) is -1.66. The highest BCUT2D eigenvalue weighted by Crippen LogP contribution is 2.27. The Labute approximate surface area is 560 Å². The minimum absolute atomic E-state index is 0.0174. The number of nitrogens with two attached hydrogens (primary N) is 5. The van der Waals surface area contributed by atoms with Crippen LogP contribution in [0.2, 0.25) is 0 Å². The average Bonchev–Trinajstić information content (AvgIpc) is 1.62. The second-order valence-corrected chi connectivity index (χ2v) is 25.0. The smallest absolute Gasteiger partial charge is 0.305 e. The van der Waals surface area contributed by atoms with Gasteiger partial charge in [0.15, 0.2) is 29.1 Å². The van der Waals surface area contributed by atoms with Gasteiger partial charge in [0.1, 0.15) is 29.4 Å². The number of carboxylic acid groups (broad SMARTS) is 1. The number of likely N-dealkylation sites (tertiary alicyclic amines) is 1. The number of Topliss-reactive ketones (excluding diaryl/α,β-unsaturated/α-hetero) is 5. The van der Waals surface area contributed by atoms with Crippen molar-refractivity contribution in [2.75, 3.05) is 25.4 Å². The molecule has 528 valence electrons. The Bertz CT molecular complexity index is 3140. The van der Waals surface area contributed by atoms with Gasteiger partial charge in [0, 0.05) is 87.5 Å². The number of aliphatic imine (C=N–C) groups is 1. The van der Waals surface area contributed by atoms with Crippen LogP contribution in [0.1, 0.15) is 129 Å². The van der Waals surface area contributed by atoms with Crippen LogP contribution in [0.15, 0.2) is 53.5 Å². The van der Waals surface area contributed by atoms with Crippen LogP contribution in [0.3, 0.4) is 0 Å². The normalized spacial score (nSPS) is 15.9. The highest BCUT2D eigenvalue weighted by molar-refractivity contribution is 7.80. The lowest BCUT2D eigenvalue weighted by Gasteiger charge is -2.29. The Kier molecular flexibility index (Phi) is 33.8. The van der Waals surface area contributed by atoms with Crippen LogP contribution in [0.5, 0.6) is 11.5 Å². The first-order chi connectivity index (χ1) is 45.1. The van der Waals surface area contributed by atoms with Gasteiger partial charge in [0.25, 0.3) is 0 Å². The number of carbonyl (C=O) groups excluding carboxylic acids is 14. The second-order valence-electron chi connectivity index (χ2n) is 24.6. The molecular formula is C64H92N12O19S. The van der Waals surface area contributed by atoms with Gasteiger partial charge in [-0.3, -0.25) is 76.9 Å². The Morgan fingerprint density at radius 3 is 1.56 bits per heavy atom. The van der Waals surface area contributed by atoms with Gasteiger partial charge in [-0.05, 0) is 86.3 Å². The number of thiol groups is 1. The number of carboxylic acids is 1. The SMILES string of the molecule is CC(C)C[C@H](C)C(=O)C[C@@H](Cc1ccc(O)cc1)C(=O)N[C@@H](CCCN=C(N)N)C(=O)C[C@@H](C)C(=O)N[C@@H](CC(N)=O)C(=O)CCC(=O)N[C@@H](CC(=O)O)C(=O)C[C@@H](CC(N)=O)C(=O)N1CCC[C@H]1C(=O)N[C@@H](CS)C(=O)C[C@@H](Cc1ccc(O)cc1)C(=O)N[C@@H](CO)C(N)=O. The predicted molar refractivity (Wildman–Crippen MR) is 349 cm³/mol. The molecule has 0 aliphatic carbocycles. The molecule has 96 heavy (non-hydrogen) atoms. The molecule has 0 aromatic heterocycles. The Balaban J connectivity index is 1.75. The monoisotopic (exact) mass is 1360 g/mol. The molecule has 1 fully saturated rings. The summed E-state index contributed by atoms with van der Waals surface area (Å²) < 4.78 is 0. The van der Waals surface area contributed by atoms with Crippen molar-refractivity contribution in [3.8, 4) is 11.5 Å². The number of guanidine groups is 1. The fourth-order valence-electron chi connectivity index (χ4n) is 10.9. The lowest BCUT2D eigenvalue weighted by molar-refractivity contribution is -0.145. The number of aliphatic hydroxyl groups is 1. The van der Waals surface area contributed by atoms with E-state index in [0.29, 0.717) is 17.5 Å². The van der Waals surface area contributed by atoms with E-state index < -0.39 is 200 Å². The van der Waals surface area contributed by atoms with E-state index in [9.17, 15) is 92.3 Å². The number of nitrogens with zero attached hydrogens (tertiary/aromatic N) is 2. The molecule has 32 heteroatoms. The molecule has 31 nitrogen and oxygen atoms in total. The largest absolute Gasteiger partial charge is 0.508 e. The van der Waals surface area contributed by atoms with Crippen LogP contribution < -0.4 is 55.3 Å². The van der Waals surface area contributed by atoms with Gasteiger partial charge in [0.2, 0.25) is 53.2 Å². The maximum atomic E-state index is 14.3. The van der Waals surface area contributed by atoms with Gasteiger partial charge in [0.05, 0.1) is 49.5 Å². The number of primary amides is 3.